The lowest BCUT2D eigenvalue weighted by molar-refractivity contribution is -0.115. The van der Waals surface area contributed by atoms with Crippen LogP contribution in [0.25, 0.3) is 16.7 Å². The van der Waals surface area contributed by atoms with Crippen LogP contribution in [0.15, 0.2) is 42.5 Å². The van der Waals surface area contributed by atoms with Crippen LogP contribution in [-0.2, 0) is 4.79 Å². The first-order chi connectivity index (χ1) is 10.8. The summed E-state index contributed by atoms with van der Waals surface area (Å²) in [5.74, 6) is 0.169. The summed E-state index contributed by atoms with van der Waals surface area (Å²) in [4.78, 5) is 16.4. The minimum Gasteiger partial charge on any atom is -0.307 e. The Hall–Kier alpha value is -1.82. The van der Waals surface area contributed by atoms with Gasteiger partial charge in [0.15, 0.2) is 5.82 Å². The fourth-order valence-corrected chi connectivity index (χ4v) is 2.27. The average molecular weight is 370 g/mol. The van der Waals surface area contributed by atoms with Crippen molar-refractivity contribution >= 4 is 57.4 Å². The molecule has 3 aromatic rings. The normalized spacial score (nSPS) is 11.7. The molecular formula is C15H11Cl3N4O. The van der Waals surface area contributed by atoms with Crippen LogP contribution >= 0.6 is 34.8 Å². The zero-order valence-corrected chi connectivity index (χ0v) is 14.2. The molecule has 0 saturated heterocycles. The lowest BCUT2D eigenvalue weighted by Gasteiger charge is -2.12. The largest absolute Gasteiger partial charge is 0.307 e. The van der Waals surface area contributed by atoms with Crippen molar-refractivity contribution in [2.45, 2.75) is 10.7 Å². The van der Waals surface area contributed by atoms with E-state index < -0.39 is 9.70 Å². The van der Waals surface area contributed by atoms with Crippen LogP contribution in [0.3, 0.4) is 0 Å². The van der Waals surface area contributed by atoms with E-state index in [1.165, 1.54) is 4.68 Å². The molecule has 0 aliphatic rings. The highest BCUT2D eigenvalue weighted by Crippen LogP contribution is 2.28. The van der Waals surface area contributed by atoms with E-state index in [-0.39, 0.29) is 0 Å². The number of carbonyl (C=O) groups is 1. The molecule has 2 aromatic heterocycles. The molecule has 0 fully saturated rings. The van der Waals surface area contributed by atoms with Crippen molar-refractivity contribution in [1.82, 2.24) is 14.8 Å². The standard InChI is InChI=1S/C15H11Cl3N4O/c1-9-8-13(20-14(23)15(16,17)18)22(21-9)12-7-6-10-4-2-3-5-11(10)19-12/h2-8H,1H3,(H,20,23). The van der Waals surface area contributed by atoms with E-state index in [2.05, 4.69) is 15.4 Å². The molecule has 0 atom stereocenters. The Balaban J connectivity index is 2.03. The number of nitrogens with one attached hydrogen (secondary N) is 1. The quantitative estimate of drug-likeness (QED) is 0.694. The van der Waals surface area contributed by atoms with E-state index in [4.69, 9.17) is 34.8 Å². The van der Waals surface area contributed by atoms with Crippen LogP contribution in [0.1, 0.15) is 5.69 Å². The molecular weight excluding hydrogens is 359 g/mol. The van der Waals surface area contributed by atoms with Gasteiger partial charge in [0.1, 0.15) is 5.82 Å². The number of alkyl halides is 3. The van der Waals surface area contributed by atoms with Crippen LogP contribution in [0, 0.1) is 6.92 Å². The van der Waals surface area contributed by atoms with E-state index in [1.807, 2.05) is 30.3 Å². The van der Waals surface area contributed by atoms with E-state index in [0.29, 0.717) is 17.3 Å². The second-order valence-electron chi connectivity index (χ2n) is 4.90. The molecule has 1 aromatic carbocycles. The molecule has 3 rings (SSSR count). The van der Waals surface area contributed by atoms with Gasteiger partial charge in [0.25, 0.3) is 9.70 Å². The minimum absolute atomic E-state index is 0.376. The van der Waals surface area contributed by atoms with Gasteiger partial charge in [0, 0.05) is 11.5 Å². The number of aryl methyl sites for hydroxylation is 1. The number of carbonyl (C=O) groups excluding carboxylic acids is 1. The number of hydrogen-bond acceptors (Lipinski definition) is 3. The van der Waals surface area contributed by atoms with Crippen molar-refractivity contribution in [2.75, 3.05) is 5.32 Å². The van der Waals surface area contributed by atoms with E-state index in [1.54, 1.807) is 19.1 Å². The van der Waals surface area contributed by atoms with Crippen LogP contribution < -0.4 is 5.32 Å². The minimum atomic E-state index is -2.06. The number of aromatic nitrogens is 3. The first kappa shape index (κ1) is 16.1. The summed E-state index contributed by atoms with van der Waals surface area (Å²) in [5.41, 5.74) is 1.51. The SMILES string of the molecule is Cc1cc(NC(=O)C(Cl)(Cl)Cl)n(-c2ccc3ccccc3n2)n1. The summed E-state index contributed by atoms with van der Waals surface area (Å²) in [6.45, 7) is 1.79. The Morgan fingerprint density at radius 3 is 2.65 bits per heavy atom. The molecule has 5 nitrogen and oxygen atoms in total. The average Bonchev–Trinajstić information content (AvgIpc) is 2.86. The fraction of sp³-hybridized carbons (Fsp3) is 0.133. The maximum atomic E-state index is 11.9. The third kappa shape index (κ3) is 3.42. The van der Waals surface area contributed by atoms with Crippen LogP contribution in [0.4, 0.5) is 5.82 Å². The molecule has 1 amide bonds. The first-order valence-electron chi connectivity index (χ1n) is 6.65. The maximum absolute atomic E-state index is 11.9. The van der Waals surface area contributed by atoms with Gasteiger partial charge in [-0.1, -0.05) is 53.0 Å². The second-order valence-corrected chi connectivity index (χ2v) is 7.18. The summed E-state index contributed by atoms with van der Waals surface area (Å²) < 4.78 is -0.560. The molecule has 0 spiro atoms. The number of halogens is 3. The van der Waals surface area contributed by atoms with Gasteiger partial charge < -0.3 is 5.32 Å². The zero-order chi connectivity index (χ0) is 16.6. The highest BCUT2D eigenvalue weighted by atomic mass is 35.6. The number of para-hydroxylation sites is 1. The predicted octanol–water partition coefficient (Wildman–Crippen LogP) is 4.04. The number of nitrogens with zero attached hydrogens (tertiary/aromatic N) is 3. The summed E-state index contributed by atoms with van der Waals surface area (Å²) in [6, 6.07) is 13.1. The Labute approximate surface area is 147 Å². The Bertz CT molecular complexity index is 886. The van der Waals surface area contributed by atoms with Crippen LogP contribution in [-0.4, -0.2) is 24.5 Å². The highest BCUT2D eigenvalue weighted by Gasteiger charge is 2.31. The van der Waals surface area contributed by atoms with Gasteiger partial charge in [-0.05, 0) is 25.1 Å². The van der Waals surface area contributed by atoms with Gasteiger partial charge in [-0.25, -0.2) is 4.98 Å². The van der Waals surface area contributed by atoms with Gasteiger partial charge in [-0.3, -0.25) is 4.79 Å². The molecule has 0 aliphatic heterocycles. The molecule has 118 valence electrons. The molecule has 0 unspecified atom stereocenters. The van der Waals surface area contributed by atoms with E-state index in [0.717, 1.165) is 10.9 Å². The fourth-order valence-electron chi connectivity index (χ4n) is 2.12. The van der Waals surface area contributed by atoms with Gasteiger partial charge in [-0.15, -0.1) is 0 Å². The van der Waals surface area contributed by atoms with Gasteiger partial charge in [0.05, 0.1) is 11.2 Å². The molecule has 0 saturated carbocycles. The maximum Gasteiger partial charge on any atom is 0.277 e. The van der Waals surface area contributed by atoms with Crippen molar-refractivity contribution < 1.29 is 4.79 Å². The van der Waals surface area contributed by atoms with E-state index >= 15 is 0 Å². The number of anilines is 1. The number of fused-ring (bicyclic) bond motifs is 1. The van der Waals surface area contributed by atoms with Crippen molar-refractivity contribution in [3.05, 3.63) is 48.2 Å². The molecule has 2 heterocycles. The zero-order valence-electron chi connectivity index (χ0n) is 11.9. The predicted molar refractivity (Wildman–Crippen MR) is 92.5 cm³/mol. The topological polar surface area (TPSA) is 59.8 Å². The van der Waals surface area contributed by atoms with Gasteiger partial charge in [0.2, 0.25) is 0 Å². The number of benzene rings is 1. The number of pyridine rings is 1. The third-order valence-corrected chi connectivity index (χ3v) is 3.65. The smallest absolute Gasteiger partial charge is 0.277 e. The Kier molecular flexibility index (Phi) is 4.19. The third-order valence-electron chi connectivity index (χ3n) is 3.13. The summed E-state index contributed by atoms with van der Waals surface area (Å²) >= 11 is 16.8. The number of amides is 1. The van der Waals surface area contributed by atoms with E-state index in [9.17, 15) is 4.79 Å². The number of rotatable bonds is 2. The monoisotopic (exact) mass is 368 g/mol. The van der Waals surface area contributed by atoms with Crippen molar-refractivity contribution in [3.63, 3.8) is 0 Å². The van der Waals surface area contributed by atoms with Crippen molar-refractivity contribution in [3.8, 4) is 5.82 Å². The first-order valence-corrected chi connectivity index (χ1v) is 7.79. The van der Waals surface area contributed by atoms with Crippen LogP contribution in [0.5, 0.6) is 0 Å². The molecule has 1 N–H and O–H groups in total. The highest BCUT2D eigenvalue weighted by molar-refractivity contribution is 6.76. The Morgan fingerprint density at radius 1 is 1.17 bits per heavy atom. The summed E-state index contributed by atoms with van der Waals surface area (Å²) in [5, 5.41) is 7.88. The lowest BCUT2D eigenvalue weighted by Crippen LogP contribution is -2.28. The van der Waals surface area contributed by atoms with Gasteiger partial charge in [-0.2, -0.15) is 9.78 Å². The molecule has 23 heavy (non-hydrogen) atoms. The molecule has 0 radical (unpaired) electrons. The molecule has 0 bridgehead atoms. The molecule has 8 heteroatoms. The Morgan fingerprint density at radius 2 is 1.91 bits per heavy atom. The molecule has 0 aliphatic carbocycles. The number of hydrogen-bond donors (Lipinski definition) is 1. The summed E-state index contributed by atoms with van der Waals surface area (Å²) in [6.07, 6.45) is 0. The van der Waals surface area contributed by atoms with Crippen molar-refractivity contribution in [2.24, 2.45) is 0 Å². The summed E-state index contributed by atoms with van der Waals surface area (Å²) in [7, 11) is 0. The van der Waals surface area contributed by atoms with Gasteiger partial charge >= 0.3 is 0 Å². The lowest BCUT2D eigenvalue weighted by atomic mass is 10.2. The van der Waals surface area contributed by atoms with Crippen LogP contribution in [0.2, 0.25) is 0 Å². The van der Waals surface area contributed by atoms with Crippen molar-refractivity contribution in [1.29, 1.82) is 0 Å². The second kappa shape index (κ2) is 6.00.